The van der Waals surface area contributed by atoms with E-state index in [2.05, 4.69) is 42.9 Å². The minimum absolute atomic E-state index is 0.870. The molecule has 108 valence electrons. The van der Waals surface area contributed by atoms with E-state index in [-0.39, 0.29) is 0 Å². The van der Waals surface area contributed by atoms with Crippen molar-refractivity contribution in [2.75, 3.05) is 13.7 Å². The smallest absolute Gasteiger partial charge is 0.133 e. The van der Waals surface area contributed by atoms with Gasteiger partial charge in [-0.05, 0) is 53.0 Å². The fourth-order valence-corrected chi connectivity index (χ4v) is 2.60. The van der Waals surface area contributed by atoms with Crippen LogP contribution in [-0.2, 0) is 13.1 Å². The summed E-state index contributed by atoms with van der Waals surface area (Å²) in [6.45, 7) is 2.95. The van der Waals surface area contributed by atoms with Crippen LogP contribution in [0.15, 0.2) is 41.4 Å². The molecule has 1 heterocycles. The monoisotopic (exact) mass is 337 g/mol. The van der Waals surface area contributed by atoms with Crippen molar-refractivity contribution in [2.24, 2.45) is 0 Å². The van der Waals surface area contributed by atoms with Crippen LogP contribution in [0.25, 0.3) is 0 Å². The van der Waals surface area contributed by atoms with Gasteiger partial charge >= 0.3 is 0 Å². The molecule has 4 nitrogen and oxygen atoms in total. The summed E-state index contributed by atoms with van der Waals surface area (Å²) in [5.41, 5.74) is 1.26. The van der Waals surface area contributed by atoms with Crippen molar-refractivity contribution in [2.45, 2.75) is 25.9 Å². The number of aryl methyl sites for hydroxylation is 1. The molecule has 0 saturated carbocycles. The molecule has 5 heteroatoms. The lowest BCUT2D eigenvalue weighted by atomic mass is 10.2. The molecule has 0 aliphatic rings. The van der Waals surface area contributed by atoms with Crippen molar-refractivity contribution in [3.05, 3.63) is 47.0 Å². The Kier molecular flexibility index (Phi) is 6.08. The third kappa shape index (κ3) is 4.65. The number of nitrogens with zero attached hydrogens (tertiary/aromatic N) is 2. The molecule has 0 aliphatic heterocycles. The maximum atomic E-state index is 5.22. The maximum Gasteiger partial charge on any atom is 0.133 e. The molecule has 1 aromatic carbocycles. The Hall–Kier alpha value is -1.33. The molecule has 1 N–H and O–H groups in total. The molecule has 2 aromatic rings. The van der Waals surface area contributed by atoms with Crippen LogP contribution in [0.3, 0.4) is 0 Å². The Morgan fingerprint density at radius 1 is 1.35 bits per heavy atom. The second-order valence-corrected chi connectivity index (χ2v) is 5.51. The van der Waals surface area contributed by atoms with Crippen LogP contribution in [0.2, 0.25) is 0 Å². The molecule has 0 bridgehead atoms. The van der Waals surface area contributed by atoms with Crippen LogP contribution in [0.5, 0.6) is 5.75 Å². The Balaban J connectivity index is 1.62. The minimum atomic E-state index is 0.870. The van der Waals surface area contributed by atoms with Gasteiger partial charge in [0.15, 0.2) is 0 Å². The molecule has 0 radical (unpaired) electrons. The van der Waals surface area contributed by atoms with Crippen molar-refractivity contribution < 1.29 is 4.74 Å². The largest absolute Gasteiger partial charge is 0.496 e. The molecule has 0 saturated heterocycles. The molecule has 0 spiro atoms. The average Bonchev–Trinajstić information content (AvgIpc) is 2.96. The van der Waals surface area contributed by atoms with Gasteiger partial charge in [0.2, 0.25) is 0 Å². The first-order chi connectivity index (χ1) is 9.79. The van der Waals surface area contributed by atoms with E-state index in [1.807, 2.05) is 24.8 Å². The lowest BCUT2D eigenvalue weighted by Gasteiger charge is -2.08. The number of hydrogen-bond donors (Lipinski definition) is 1. The second kappa shape index (κ2) is 8.07. The topological polar surface area (TPSA) is 39.1 Å². The highest BCUT2D eigenvalue weighted by Gasteiger charge is 2.01. The first-order valence-electron chi connectivity index (χ1n) is 6.78. The van der Waals surface area contributed by atoms with E-state index < -0.39 is 0 Å². The van der Waals surface area contributed by atoms with Crippen LogP contribution < -0.4 is 10.1 Å². The van der Waals surface area contributed by atoms with Crippen molar-refractivity contribution in [3.8, 4) is 5.75 Å². The van der Waals surface area contributed by atoms with Crippen molar-refractivity contribution in [1.29, 1.82) is 0 Å². The number of aromatic nitrogens is 2. The van der Waals surface area contributed by atoms with Crippen molar-refractivity contribution >= 4 is 15.9 Å². The number of ether oxygens (including phenoxy) is 1. The highest BCUT2D eigenvalue weighted by atomic mass is 79.9. The molecule has 0 atom stereocenters. The van der Waals surface area contributed by atoms with Gasteiger partial charge in [-0.15, -0.1) is 0 Å². The predicted molar refractivity (Wildman–Crippen MR) is 83.9 cm³/mol. The van der Waals surface area contributed by atoms with Gasteiger partial charge < -0.3 is 14.6 Å². The molecule has 20 heavy (non-hydrogen) atoms. The van der Waals surface area contributed by atoms with Crippen LogP contribution in [0, 0.1) is 0 Å². The Bertz CT molecular complexity index is 514. The van der Waals surface area contributed by atoms with E-state index >= 15 is 0 Å². The molecule has 0 fully saturated rings. The molecule has 2 rings (SSSR count). The number of benzene rings is 1. The third-order valence-electron chi connectivity index (χ3n) is 3.12. The van der Waals surface area contributed by atoms with Gasteiger partial charge in [0.05, 0.1) is 17.9 Å². The number of nitrogens with one attached hydrogen (secondary N) is 1. The molecular formula is C15H20BrN3O. The van der Waals surface area contributed by atoms with Gasteiger partial charge in [0.1, 0.15) is 5.75 Å². The normalized spacial score (nSPS) is 10.7. The van der Waals surface area contributed by atoms with Gasteiger partial charge in [0.25, 0.3) is 0 Å². The Morgan fingerprint density at radius 3 is 2.95 bits per heavy atom. The van der Waals surface area contributed by atoms with Crippen LogP contribution in [-0.4, -0.2) is 23.2 Å². The van der Waals surface area contributed by atoms with Gasteiger partial charge in [0, 0.05) is 25.5 Å². The number of hydrogen-bond acceptors (Lipinski definition) is 3. The quantitative estimate of drug-likeness (QED) is 0.751. The highest BCUT2D eigenvalue weighted by molar-refractivity contribution is 9.10. The summed E-state index contributed by atoms with van der Waals surface area (Å²) in [6.07, 6.45) is 8.01. The van der Waals surface area contributed by atoms with Crippen LogP contribution in [0.1, 0.15) is 18.4 Å². The van der Waals surface area contributed by atoms with E-state index in [9.17, 15) is 0 Å². The zero-order valence-electron chi connectivity index (χ0n) is 11.7. The second-order valence-electron chi connectivity index (χ2n) is 4.65. The van der Waals surface area contributed by atoms with Crippen molar-refractivity contribution in [1.82, 2.24) is 14.9 Å². The van der Waals surface area contributed by atoms with Gasteiger partial charge in [-0.3, -0.25) is 0 Å². The summed E-state index contributed by atoms with van der Waals surface area (Å²) < 4.78 is 8.33. The Labute approximate surface area is 128 Å². The summed E-state index contributed by atoms with van der Waals surface area (Å²) in [6, 6.07) is 6.17. The molecule has 0 aliphatic carbocycles. The lowest BCUT2D eigenvalue weighted by molar-refractivity contribution is 0.412. The maximum absolute atomic E-state index is 5.22. The fourth-order valence-electron chi connectivity index (χ4n) is 2.02. The fraction of sp³-hybridized carbons (Fsp3) is 0.400. The molecule has 0 unspecified atom stereocenters. The van der Waals surface area contributed by atoms with E-state index in [0.717, 1.165) is 42.7 Å². The number of unbranched alkanes of at least 4 members (excludes halogenated alkanes) is 1. The van der Waals surface area contributed by atoms with Crippen LogP contribution in [0.4, 0.5) is 0 Å². The third-order valence-corrected chi connectivity index (χ3v) is 3.74. The van der Waals surface area contributed by atoms with Gasteiger partial charge in [-0.2, -0.15) is 0 Å². The predicted octanol–water partition coefficient (Wildman–Crippen LogP) is 3.22. The van der Waals surface area contributed by atoms with Gasteiger partial charge in [-0.25, -0.2) is 4.98 Å². The zero-order chi connectivity index (χ0) is 14.2. The average molecular weight is 338 g/mol. The number of halogens is 1. The van der Waals surface area contributed by atoms with E-state index in [0.29, 0.717) is 0 Å². The SMILES string of the molecule is COc1ccc(CNCCCCn2ccnc2)cc1Br. The van der Waals surface area contributed by atoms with Crippen molar-refractivity contribution in [3.63, 3.8) is 0 Å². The number of rotatable bonds is 8. The van der Waals surface area contributed by atoms with Gasteiger partial charge in [-0.1, -0.05) is 6.07 Å². The molecule has 1 aromatic heterocycles. The summed E-state index contributed by atoms with van der Waals surface area (Å²) in [5, 5.41) is 3.46. The molecular weight excluding hydrogens is 318 g/mol. The number of imidazole rings is 1. The summed E-state index contributed by atoms with van der Waals surface area (Å²) in [7, 11) is 1.68. The standard InChI is InChI=1S/C15H20BrN3O/c1-20-15-5-4-13(10-14(15)16)11-17-6-2-3-8-19-9-7-18-12-19/h4-5,7,9-10,12,17H,2-3,6,8,11H2,1H3. The van der Waals surface area contributed by atoms with E-state index in [1.54, 1.807) is 7.11 Å². The van der Waals surface area contributed by atoms with Crippen LogP contribution >= 0.6 is 15.9 Å². The summed E-state index contributed by atoms with van der Waals surface area (Å²) >= 11 is 3.50. The summed E-state index contributed by atoms with van der Waals surface area (Å²) in [4.78, 5) is 4.03. The summed E-state index contributed by atoms with van der Waals surface area (Å²) in [5.74, 6) is 0.870. The van der Waals surface area contributed by atoms with E-state index in [1.165, 1.54) is 5.56 Å². The first kappa shape index (κ1) is 15.1. The highest BCUT2D eigenvalue weighted by Crippen LogP contribution is 2.25. The van der Waals surface area contributed by atoms with E-state index in [4.69, 9.17) is 4.74 Å². The number of methoxy groups -OCH3 is 1. The Morgan fingerprint density at radius 2 is 2.25 bits per heavy atom. The zero-order valence-corrected chi connectivity index (χ0v) is 13.3. The lowest BCUT2D eigenvalue weighted by Crippen LogP contribution is -2.15. The first-order valence-corrected chi connectivity index (χ1v) is 7.58. The molecule has 0 amide bonds. The minimum Gasteiger partial charge on any atom is -0.496 e.